The molecule has 0 amide bonds. The van der Waals surface area contributed by atoms with E-state index < -0.39 is 11.4 Å². The van der Waals surface area contributed by atoms with Crippen molar-refractivity contribution in [3.8, 4) is 0 Å². The molecule has 0 aliphatic heterocycles. The maximum atomic E-state index is 10.7. The second-order valence-electron chi connectivity index (χ2n) is 3.14. The van der Waals surface area contributed by atoms with Crippen LogP contribution in [-0.4, -0.2) is 16.5 Å². The number of carboxylic acid groups (broad SMARTS) is 1. The first-order chi connectivity index (χ1) is 5.04. The Morgan fingerprint density at radius 1 is 1.82 bits per heavy atom. The molecule has 1 rings (SSSR count). The molecular formula is C8H11ClO2. The number of aliphatic carboxylic acids is 1. The van der Waals surface area contributed by atoms with E-state index in [0.29, 0.717) is 6.42 Å². The third-order valence-electron chi connectivity index (χ3n) is 2.10. The van der Waals surface area contributed by atoms with Crippen molar-refractivity contribution in [3.63, 3.8) is 0 Å². The highest BCUT2D eigenvalue weighted by molar-refractivity contribution is 6.21. The number of hydrogen-bond donors (Lipinski definition) is 1. The largest absolute Gasteiger partial charge is 0.481 e. The van der Waals surface area contributed by atoms with E-state index in [1.54, 1.807) is 19.1 Å². The second kappa shape index (κ2) is 2.86. The van der Waals surface area contributed by atoms with Gasteiger partial charge in [0.2, 0.25) is 0 Å². The summed E-state index contributed by atoms with van der Waals surface area (Å²) >= 11 is 5.77. The highest BCUT2D eigenvalue weighted by atomic mass is 35.5. The van der Waals surface area contributed by atoms with Crippen LogP contribution in [-0.2, 0) is 4.79 Å². The fourth-order valence-electron chi connectivity index (χ4n) is 1.11. The van der Waals surface area contributed by atoms with E-state index in [-0.39, 0.29) is 5.38 Å². The summed E-state index contributed by atoms with van der Waals surface area (Å²) in [5, 5.41) is 8.81. The summed E-state index contributed by atoms with van der Waals surface area (Å²) in [5.74, 6) is -0.766. The molecule has 0 heterocycles. The molecule has 0 saturated heterocycles. The van der Waals surface area contributed by atoms with Crippen LogP contribution < -0.4 is 0 Å². The van der Waals surface area contributed by atoms with E-state index in [4.69, 9.17) is 16.7 Å². The highest BCUT2D eigenvalue weighted by Gasteiger charge is 2.32. The Labute approximate surface area is 70.9 Å². The van der Waals surface area contributed by atoms with E-state index >= 15 is 0 Å². The van der Waals surface area contributed by atoms with Crippen molar-refractivity contribution in [3.05, 3.63) is 12.2 Å². The standard InChI is InChI=1S/C8H11ClO2/c1-8(7(10)11)4-2-6(9)3-5-8/h2,4,6H,3,5H2,1H3,(H,10,11). The number of carboxylic acids is 1. The summed E-state index contributed by atoms with van der Waals surface area (Å²) in [6.07, 6.45) is 4.84. The zero-order valence-corrected chi connectivity index (χ0v) is 7.14. The van der Waals surface area contributed by atoms with Gasteiger partial charge in [0.25, 0.3) is 0 Å². The maximum absolute atomic E-state index is 10.7. The molecule has 0 aromatic heterocycles. The van der Waals surface area contributed by atoms with Gasteiger partial charge in [0.15, 0.2) is 0 Å². The van der Waals surface area contributed by atoms with Crippen molar-refractivity contribution in [1.82, 2.24) is 0 Å². The average molecular weight is 175 g/mol. The molecular weight excluding hydrogens is 164 g/mol. The summed E-state index contributed by atoms with van der Waals surface area (Å²) in [7, 11) is 0. The molecule has 0 bridgehead atoms. The second-order valence-corrected chi connectivity index (χ2v) is 3.70. The van der Waals surface area contributed by atoms with Crippen LogP contribution >= 0.6 is 11.6 Å². The van der Waals surface area contributed by atoms with Gasteiger partial charge in [0.05, 0.1) is 10.8 Å². The van der Waals surface area contributed by atoms with Crippen LogP contribution in [0.15, 0.2) is 12.2 Å². The minimum absolute atomic E-state index is 0.0161. The molecule has 0 saturated carbocycles. The van der Waals surface area contributed by atoms with Gasteiger partial charge >= 0.3 is 5.97 Å². The minimum atomic E-state index is -0.766. The molecule has 2 atom stereocenters. The predicted molar refractivity (Wildman–Crippen MR) is 43.8 cm³/mol. The molecule has 1 N–H and O–H groups in total. The van der Waals surface area contributed by atoms with Gasteiger partial charge in [0.1, 0.15) is 0 Å². The van der Waals surface area contributed by atoms with Gasteiger partial charge < -0.3 is 5.11 Å². The van der Waals surface area contributed by atoms with Gasteiger partial charge in [-0.05, 0) is 19.8 Å². The van der Waals surface area contributed by atoms with Crippen LogP contribution in [0.3, 0.4) is 0 Å². The maximum Gasteiger partial charge on any atom is 0.313 e. The summed E-state index contributed by atoms with van der Waals surface area (Å²) in [4.78, 5) is 10.7. The number of carbonyl (C=O) groups is 1. The van der Waals surface area contributed by atoms with Crippen molar-refractivity contribution in [2.45, 2.75) is 25.1 Å². The number of rotatable bonds is 1. The molecule has 0 radical (unpaired) electrons. The molecule has 0 spiro atoms. The molecule has 62 valence electrons. The Bertz CT molecular complexity index is 200. The zero-order valence-electron chi connectivity index (χ0n) is 6.38. The summed E-state index contributed by atoms with van der Waals surface area (Å²) in [6, 6.07) is 0. The van der Waals surface area contributed by atoms with E-state index in [1.807, 2.05) is 0 Å². The zero-order chi connectivity index (χ0) is 8.48. The normalized spacial score (nSPS) is 37.1. The summed E-state index contributed by atoms with van der Waals surface area (Å²) in [6.45, 7) is 1.72. The van der Waals surface area contributed by atoms with Crippen molar-refractivity contribution < 1.29 is 9.90 Å². The Balaban J connectivity index is 2.76. The van der Waals surface area contributed by atoms with Gasteiger partial charge in [-0.1, -0.05) is 12.2 Å². The van der Waals surface area contributed by atoms with Crippen LogP contribution in [0.2, 0.25) is 0 Å². The highest BCUT2D eigenvalue weighted by Crippen LogP contribution is 2.32. The average Bonchev–Trinajstić information content (AvgIpc) is 1.95. The summed E-state index contributed by atoms with van der Waals surface area (Å²) < 4.78 is 0. The van der Waals surface area contributed by atoms with Crippen LogP contribution in [0.4, 0.5) is 0 Å². The molecule has 0 aromatic carbocycles. The number of hydrogen-bond acceptors (Lipinski definition) is 1. The summed E-state index contributed by atoms with van der Waals surface area (Å²) in [5.41, 5.74) is -0.689. The van der Waals surface area contributed by atoms with E-state index in [1.165, 1.54) is 0 Å². The predicted octanol–water partition coefficient (Wildman–Crippen LogP) is 2.03. The Hall–Kier alpha value is -0.500. The quantitative estimate of drug-likeness (QED) is 0.488. The lowest BCUT2D eigenvalue weighted by atomic mass is 9.81. The van der Waals surface area contributed by atoms with Crippen LogP contribution in [0.25, 0.3) is 0 Å². The Kier molecular flexibility index (Phi) is 2.23. The van der Waals surface area contributed by atoms with Gasteiger partial charge in [-0.2, -0.15) is 0 Å². The van der Waals surface area contributed by atoms with Gasteiger partial charge in [-0.3, -0.25) is 4.79 Å². The fraction of sp³-hybridized carbons (Fsp3) is 0.625. The molecule has 0 fully saturated rings. The van der Waals surface area contributed by atoms with Crippen LogP contribution in [0.5, 0.6) is 0 Å². The van der Waals surface area contributed by atoms with Gasteiger partial charge in [-0.15, -0.1) is 11.6 Å². The van der Waals surface area contributed by atoms with Crippen molar-refractivity contribution in [2.75, 3.05) is 0 Å². The molecule has 11 heavy (non-hydrogen) atoms. The molecule has 2 unspecified atom stereocenters. The first-order valence-electron chi connectivity index (χ1n) is 3.61. The molecule has 0 aromatic rings. The first-order valence-corrected chi connectivity index (χ1v) is 4.05. The smallest absolute Gasteiger partial charge is 0.313 e. The molecule has 2 nitrogen and oxygen atoms in total. The monoisotopic (exact) mass is 174 g/mol. The number of allylic oxidation sites excluding steroid dienone is 1. The van der Waals surface area contributed by atoms with E-state index in [2.05, 4.69) is 0 Å². The van der Waals surface area contributed by atoms with E-state index in [0.717, 1.165) is 6.42 Å². The minimum Gasteiger partial charge on any atom is -0.481 e. The number of halogens is 1. The lowest BCUT2D eigenvalue weighted by molar-refractivity contribution is -0.145. The molecule has 1 aliphatic carbocycles. The Morgan fingerprint density at radius 3 is 2.82 bits per heavy atom. The van der Waals surface area contributed by atoms with E-state index in [9.17, 15) is 4.79 Å². The van der Waals surface area contributed by atoms with Gasteiger partial charge in [-0.25, -0.2) is 0 Å². The first kappa shape index (κ1) is 8.60. The van der Waals surface area contributed by atoms with Crippen molar-refractivity contribution in [1.29, 1.82) is 0 Å². The lowest BCUT2D eigenvalue weighted by Crippen LogP contribution is -2.28. The molecule has 1 aliphatic rings. The van der Waals surface area contributed by atoms with Crippen LogP contribution in [0.1, 0.15) is 19.8 Å². The molecule has 3 heteroatoms. The van der Waals surface area contributed by atoms with Crippen molar-refractivity contribution in [2.24, 2.45) is 5.41 Å². The number of alkyl halides is 1. The third kappa shape index (κ3) is 1.74. The Morgan fingerprint density at radius 2 is 2.45 bits per heavy atom. The third-order valence-corrected chi connectivity index (χ3v) is 2.46. The van der Waals surface area contributed by atoms with Gasteiger partial charge in [0, 0.05) is 0 Å². The topological polar surface area (TPSA) is 37.3 Å². The SMILES string of the molecule is CC1(C(=O)O)C=CC(Cl)CC1. The van der Waals surface area contributed by atoms with Crippen molar-refractivity contribution >= 4 is 17.6 Å². The van der Waals surface area contributed by atoms with Crippen LogP contribution in [0, 0.1) is 5.41 Å². The lowest BCUT2D eigenvalue weighted by Gasteiger charge is -2.25. The fourth-order valence-corrected chi connectivity index (χ4v) is 1.29.